The van der Waals surface area contributed by atoms with Crippen LogP contribution in [0.15, 0.2) is 60.7 Å². The van der Waals surface area contributed by atoms with Crippen molar-refractivity contribution in [2.24, 2.45) is 0 Å². The highest BCUT2D eigenvalue weighted by atomic mass is 32.1. The zero-order chi connectivity index (χ0) is 16.9. The standard InChI is InChI=1S/C19H26O2SSi/c1-19(2,14-13-16(20)15-22)23(21,17-9-5-3-6-10-17)18-11-7-4-8-12-18/h3-12,16,20-22H,13-15H2,1-2H3. The quantitative estimate of drug-likeness (QED) is 0.533. The van der Waals surface area contributed by atoms with Crippen LogP contribution in [-0.4, -0.2) is 30.1 Å². The second-order valence-electron chi connectivity index (χ2n) is 6.70. The van der Waals surface area contributed by atoms with E-state index in [0.717, 1.165) is 16.8 Å². The van der Waals surface area contributed by atoms with Crippen molar-refractivity contribution in [3.63, 3.8) is 0 Å². The Balaban J connectivity index is 2.46. The summed E-state index contributed by atoms with van der Waals surface area (Å²) in [5, 5.41) is 11.6. The van der Waals surface area contributed by atoms with Crippen molar-refractivity contribution in [3.8, 4) is 0 Å². The molecular weight excluding hydrogens is 320 g/mol. The van der Waals surface area contributed by atoms with Gasteiger partial charge in [-0.2, -0.15) is 12.6 Å². The van der Waals surface area contributed by atoms with Crippen LogP contribution in [0.3, 0.4) is 0 Å². The number of benzene rings is 2. The van der Waals surface area contributed by atoms with Crippen molar-refractivity contribution in [2.75, 3.05) is 5.75 Å². The molecule has 1 unspecified atom stereocenters. The lowest BCUT2D eigenvalue weighted by Crippen LogP contribution is -2.65. The van der Waals surface area contributed by atoms with Crippen LogP contribution in [0.5, 0.6) is 0 Å². The van der Waals surface area contributed by atoms with Crippen LogP contribution in [0.1, 0.15) is 26.7 Å². The Bertz CT molecular complexity index is 562. The average Bonchev–Trinajstić information content (AvgIpc) is 2.60. The molecule has 0 saturated heterocycles. The Hall–Kier alpha value is -1.07. The van der Waals surface area contributed by atoms with Crippen molar-refractivity contribution < 1.29 is 9.90 Å². The first kappa shape index (κ1) is 18.3. The molecule has 0 aliphatic heterocycles. The Morgan fingerprint density at radius 2 is 1.39 bits per heavy atom. The summed E-state index contributed by atoms with van der Waals surface area (Å²) in [7, 11) is -2.94. The third-order valence-electron chi connectivity index (χ3n) is 4.68. The molecule has 2 N–H and O–H groups in total. The first-order valence-corrected chi connectivity index (χ1v) is 10.6. The normalized spacial score (nSPS) is 13.8. The maximum atomic E-state index is 11.9. The molecule has 1 atom stereocenters. The maximum absolute atomic E-state index is 11.9. The predicted octanol–water partition coefficient (Wildman–Crippen LogP) is 2.59. The van der Waals surface area contributed by atoms with Crippen molar-refractivity contribution in [1.29, 1.82) is 0 Å². The number of aliphatic hydroxyl groups excluding tert-OH is 1. The van der Waals surface area contributed by atoms with Gasteiger partial charge in [-0.1, -0.05) is 74.5 Å². The molecule has 23 heavy (non-hydrogen) atoms. The molecule has 2 aromatic rings. The highest BCUT2D eigenvalue weighted by molar-refractivity contribution is 7.80. The number of thiol groups is 1. The smallest absolute Gasteiger partial charge is 0.258 e. The van der Waals surface area contributed by atoms with Crippen LogP contribution in [0.2, 0.25) is 5.04 Å². The van der Waals surface area contributed by atoms with Gasteiger partial charge in [0.15, 0.2) is 0 Å². The molecule has 0 aliphatic rings. The van der Waals surface area contributed by atoms with Gasteiger partial charge in [-0.25, -0.2) is 0 Å². The van der Waals surface area contributed by atoms with E-state index in [0.29, 0.717) is 12.2 Å². The fraction of sp³-hybridized carbons (Fsp3) is 0.368. The van der Waals surface area contributed by atoms with Crippen LogP contribution in [0.4, 0.5) is 0 Å². The third kappa shape index (κ3) is 3.89. The maximum Gasteiger partial charge on any atom is 0.258 e. The molecule has 0 bridgehead atoms. The zero-order valence-electron chi connectivity index (χ0n) is 13.8. The molecule has 2 nitrogen and oxygen atoms in total. The van der Waals surface area contributed by atoms with E-state index in [1.165, 1.54) is 0 Å². The molecule has 0 amide bonds. The predicted molar refractivity (Wildman–Crippen MR) is 103 cm³/mol. The first-order chi connectivity index (χ1) is 10.9. The molecule has 2 rings (SSSR count). The summed E-state index contributed by atoms with van der Waals surface area (Å²) in [6.07, 6.45) is 0.967. The minimum absolute atomic E-state index is 0.306. The van der Waals surface area contributed by atoms with Crippen LogP contribution in [0, 0.1) is 0 Å². The molecule has 0 spiro atoms. The van der Waals surface area contributed by atoms with Crippen LogP contribution < -0.4 is 10.4 Å². The molecule has 0 aliphatic carbocycles. The van der Waals surface area contributed by atoms with Gasteiger partial charge < -0.3 is 9.90 Å². The van der Waals surface area contributed by atoms with E-state index in [1.807, 2.05) is 60.7 Å². The largest absolute Gasteiger partial charge is 0.424 e. The van der Waals surface area contributed by atoms with E-state index in [1.54, 1.807) is 0 Å². The lowest BCUT2D eigenvalue weighted by molar-refractivity contribution is 0.180. The number of hydrogen-bond acceptors (Lipinski definition) is 3. The summed E-state index contributed by atoms with van der Waals surface area (Å²) in [5.74, 6) is 0.451. The fourth-order valence-electron chi connectivity index (χ4n) is 3.11. The highest BCUT2D eigenvalue weighted by Crippen LogP contribution is 2.40. The van der Waals surface area contributed by atoms with Crippen LogP contribution >= 0.6 is 12.6 Å². The summed E-state index contributed by atoms with van der Waals surface area (Å²) >= 11 is 4.16. The van der Waals surface area contributed by atoms with Crippen molar-refractivity contribution in [3.05, 3.63) is 60.7 Å². The summed E-state index contributed by atoms with van der Waals surface area (Å²) in [6.45, 7) is 4.23. The van der Waals surface area contributed by atoms with Gasteiger partial charge in [0.2, 0.25) is 0 Å². The van der Waals surface area contributed by atoms with E-state index in [2.05, 4.69) is 26.5 Å². The van der Waals surface area contributed by atoms with Crippen LogP contribution in [0.25, 0.3) is 0 Å². The SMILES string of the molecule is CC(C)(CCC(O)CS)[Si](O)(c1ccccc1)c1ccccc1. The zero-order valence-corrected chi connectivity index (χ0v) is 15.7. The van der Waals surface area contributed by atoms with Gasteiger partial charge in [-0.15, -0.1) is 0 Å². The molecule has 2 aromatic carbocycles. The van der Waals surface area contributed by atoms with E-state index in [-0.39, 0.29) is 5.04 Å². The second kappa shape index (κ2) is 7.66. The number of hydrogen-bond donors (Lipinski definition) is 3. The first-order valence-electron chi connectivity index (χ1n) is 8.04. The fourth-order valence-corrected chi connectivity index (χ4v) is 7.04. The molecule has 0 saturated carbocycles. The molecule has 0 fully saturated rings. The van der Waals surface area contributed by atoms with Gasteiger partial charge in [-0.05, 0) is 28.3 Å². The lowest BCUT2D eigenvalue weighted by Gasteiger charge is -2.41. The molecule has 0 aromatic heterocycles. The van der Waals surface area contributed by atoms with E-state index in [9.17, 15) is 9.90 Å². The molecule has 0 radical (unpaired) electrons. The monoisotopic (exact) mass is 346 g/mol. The Labute approximate surface area is 145 Å². The topological polar surface area (TPSA) is 40.5 Å². The molecular formula is C19H26O2SSi. The number of rotatable bonds is 7. The van der Waals surface area contributed by atoms with Gasteiger partial charge in [0.25, 0.3) is 8.32 Å². The van der Waals surface area contributed by atoms with Crippen molar-refractivity contribution >= 4 is 31.3 Å². The van der Waals surface area contributed by atoms with Crippen LogP contribution in [-0.2, 0) is 0 Å². The van der Waals surface area contributed by atoms with Gasteiger partial charge in [0.05, 0.1) is 6.10 Å². The van der Waals surface area contributed by atoms with Gasteiger partial charge in [0, 0.05) is 5.75 Å². The van der Waals surface area contributed by atoms with Crippen molar-refractivity contribution in [2.45, 2.75) is 37.8 Å². The highest BCUT2D eigenvalue weighted by Gasteiger charge is 2.49. The molecule has 0 heterocycles. The second-order valence-corrected chi connectivity index (χ2v) is 11.0. The Morgan fingerprint density at radius 3 is 1.78 bits per heavy atom. The van der Waals surface area contributed by atoms with Gasteiger partial charge in [-0.3, -0.25) is 0 Å². The van der Waals surface area contributed by atoms with Gasteiger partial charge >= 0.3 is 0 Å². The Kier molecular flexibility index (Phi) is 6.09. The van der Waals surface area contributed by atoms with Crippen molar-refractivity contribution in [1.82, 2.24) is 0 Å². The minimum atomic E-state index is -2.94. The van der Waals surface area contributed by atoms with E-state index < -0.39 is 14.4 Å². The Morgan fingerprint density at radius 1 is 0.957 bits per heavy atom. The average molecular weight is 347 g/mol. The minimum Gasteiger partial charge on any atom is -0.424 e. The van der Waals surface area contributed by atoms with Gasteiger partial charge in [0.1, 0.15) is 0 Å². The summed E-state index contributed by atoms with van der Waals surface area (Å²) in [5.41, 5.74) is 0. The summed E-state index contributed by atoms with van der Waals surface area (Å²) in [4.78, 5) is 11.9. The van der Waals surface area contributed by atoms with E-state index >= 15 is 0 Å². The lowest BCUT2D eigenvalue weighted by atomic mass is 10.0. The molecule has 124 valence electrons. The number of aliphatic hydroxyl groups is 1. The summed E-state index contributed by atoms with van der Waals surface area (Å²) in [6, 6.07) is 20.0. The molecule has 4 heteroatoms. The van der Waals surface area contributed by atoms with E-state index in [4.69, 9.17) is 0 Å². The third-order valence-corrected chi connectivity index (χ3v) is 9.64. The summed E-state index contributed by atoms with van der Waals surface area (Å²) < 4.78 is 0.